The SMILES string of the molecule is CC1(C)OCC(C)(C)C(C(=O)NC(CC(=O)O)C2CCCCC2NC(=O)C2CCCC2Cc2ccccc2)O1. The second kappa shape index (κ2) is 12.4. The van der Waals surface area contributed by atoms with Gasteiger partial charge in [0.15, 0.2) is 5.79 Å². The standard InChI is InChI=1S/C31H46N2O6/c1-30(2)19-38-31(3,4)39-27(30)29(37)33-25(18-26(34)35)23-14-8-9-16-24(23)32-28(36)22-15-10-13-21(22)17-20-11-6-5-7-12-20/h5-7,11-12,21-25,27H,8-10,13-19H2,1-4H3,(H,32,36)(H,33,37)(H,34,35). The lowest BCUT2D eigenvalue weighted by Crippen LogP contribution is -2.60. The summed E-state index contributed by atoms with van der Waals surface area (Å²) in [5, 5.41) is 16.1. The smallest absolute Gasteiger partial charge is 0.305 e. The molecule has 1 saturated heterocycles. The topological polar surface area (TPSA) is 114 Å². The van der Waals surface area contributed by atoms with Gasteiger partial charge in [-0.1, -0.05) is 63.4 Å². The van der Waals surface area contributed by atoms with E-state index < -0.39 is 29.3 Å². The molecule has 2 aliphatic carbocycles. The minimum atomic E-state index is -0.970. The Kier molecular flexibility index (Phi) is 9.37. The molecular formula is C31H46N2O6. The van der Waals surface area contributed by atoms with Crippen LogP contribution in [0.15, 0.2) is 30.3 Å². The molecule has 3 aliphatic rings. The van der Waals surface area contributed by atoms with Gasteiger partial charge in [0.2, 0.25) is 11.8 Å². The van der Waals surface area contributed by atoms with Crippen LogP contribution in [-0.2, 0) is 30.3 Å². The van der Waals surface area contributed by atoms with Gasteiger partial charge in [-0.05, 0) is 63.4 Å². The fraction of sp³-hybridized carbons (Fsp3) is 0.710. The highest BCUT2D eigenvalue weighted by atomic mass is 16.7. The largest absolute Gasteiger partial charge is 0.481 e. The van der Waals surface area contributed by atoms with E-state index in [9.17, 15) is 19.5 Å². The molecule has 3 fully saturated rings. The van der Waals surface area contributed by atoms with Crippen LogP contribution in [0, 0.1) is 23.2 Å². The third kappa shape index (κ3) is 7.60. The Balaban J connectivity index is 1.46. The summed E-state index contributed by atoms with van der Waals surface area (Å²) in [7, 11) is 0. The normalized spacial score (nSPS) is 30.7. The summed E-state index contributed by atoms with van der Waals surface area (Å²) in [6.07, 6.45) is 6.32. The van der Waals surface area contributed by atoms with Crippen LogP contribution >= 0.6 is 0 Å². The lowest BCUT2D eigenvalue weighted by Gasteiger charge is -2.45. The van der Waals surface area contributed by atoms with Crippen molar-refractivity contribution in [3.63, 3.8) is 0 Å². The number of carbonyl (C=O) groups is 3. The maximum atomic E-state index is 13.6. The van der Waals surface area contributed by atoms with Crippen LogP contribution in [0.5, 0.6) is 0 Å². The molecule has 4 rings (SSSR count). The van der Waals surface area contributed by atoms with Crippen LogP contribution in [0.25, 0.3) is 0 Å². The molecule has 1 aliphatic heterocycles. The van der Waals surface area contributed by atoms with Crippen LogP contribution in [0.2, 0.25) is 0 Å². The average Bonchev–Trinajstić information content (AvgIpc) is 3.34. The van der Waals surface area contributed by atoms with Gasteiger partial charge < -0.3 is 25.2 Å². The predicted molar refractivity (Wildman–Crippen MR) is 148 cm³/mol. The lowest BCUT2D eigenvalue weighted by molar-refractivity contribution is -0.304. The number of nitrogens with one attached hydrogen (secondary N) is 2. The number of hydrogen-bond acceptors (Lipinski definition) is 5. The van der Waals surface area contributed by atoms with E-state index in [0.717, 1.165) is 51.4 Å². The van der Waals surface area contributed by atoms with Crippen molar-refractivity contribution in [2.45, 2.75) is 109 Å². The molecule has 1 heterocycles. The lowest BCUT2D eigenvalue weighted by atomic mass is 9.77. The van der Waals surface area contributed by atoms with E-state index >= 15 is 0 Å². The molecule has 1 aromatic rings. The average molecular weight is 543 g/mol. The molecule has 0 spiro atoms. The summed E-state index contributed by atoms with van der Waals surface area (Å²) in [4.78, 5) is 39.0. The summed E-state index contributed by atoms with van der Waals surface area (Å²) < 4.78 is 11.8. The van der Waals surface area contributed by atoms with E-state index in [1.807, 2.05) is 32.0 Å². The van der Waals surface area contributed by atoms with E-state index in [2.05, 4.69) is 22.8 Å². The van der Waals surface area contributed by atoms with E-state index in [1.54, 1.807) is 13.8 Å². The van der Waals surface area contributed by atoms with Crippen LogP contribution in [-0.4, -0.2) is 53.5 Å². The Morgan fingerprint density at radius 1 is 0.974 bits per heavy atom. The van der Waals surface area contributed by atoms with E-state index in [4.69, 9.17) is 9.47 Å². The minimum absolute atomic E-state index is 0.0426. The Hall–Kier alpha value is -2.45. The second-order valence-electron chi connectivity index (χ2n) is 12.9. The summed E-state index contributed by atoms with van der Waals surface area (Å²) >= 11 is 0. The first-order chi connectivity index (χ1) is 18.4. The van der Waals surface area contributed by atoms with Gasteiger partial charge in [-0.15, -0.1) is 0 Å². The molecule has 0 bridgehead atoms. The molecule has 8 nitrogen and oxygen atoms in total. The molecule has 216 valence electrons. The van der Waals surface area contributed by atoms with Crippen molar-refractivity contribution in [1.82, 2.24) is 10.6 Å². The molecule has 6 atom stereocenters. The number of carboxylic acid groups (broad SMARTS) is 1. The van der Waals surface area contributed by atoms with Crippen LogP contribution in [0.4, 0.5) is 0 Å². The molecule has 1 aromatic carbocycles. The molecule has 3 N–H and O–H groups in total. The molecular weight excluding hydrogens is 496 g/mol. The van der Waals surface area contributed by atoms with Crippen molar-refractivity contribution in [3.8, 4) is 0 Å². The number of aliphatic carboxylic acids is 1. The molecule has 2 saturated carbocycles. The van der Waals surface area contributed by atoms with E-state index in [-0.39, 0.29) is 36.1 Å². The number of amides is 2. The summed E-state index contributed by atoms with van der Waals surface area (Å²) in [5.41, 5.74) is 0.687. The van der Waals surface area contributed by atoms with Crippen molar-refractivity contribution >= 4 is 17.8 Å². The van der Waals surface area contributed by atoms with Gasteiger partial charge in [-0.3, -0.25) is 14.4 Å². The minimum Gasteiger partial charge on any atom is -0.481 e. The van der Waals surface area contributed by atoms with Crippen LogP contribution in [0.1, 0.15) is 84.6 Å². The third-order valence-electron chi connectivity index (χ3n) is 8.86. The molecule has 39 heavy (non-hydrogen) atoms. The first kappa shape index (κ1) is 29.5. The maximum absolute atomic E-state index is 13.6. The molecule has 6 unspecified atom stereocenters. The number of rotatable bonds is 9. The third-order valence-corrected chi connectivity index (χ3v) is 8.86. The number of carbonyl (C=O) groups excluding carboxylic acids is 2. The molecule has 0 aromatic heterocycles. The number of benzene rings is 1. The Morgan fingerprint density at radius 2 is 1.69 bits per heavy atom. The van der Waals surface area contributed by atoms with E-state index in [0.29, 0.717) is 12.5 Å². The highest BCUT2D eigenvalue weighted by Gasteiger charge is 2.47. The first-order valence-corrected chi connectivity index (χ1v) is 14.6. The van der Waals surface area contributed by atoms with Crippen LogP contribution < -0.4 is 10.6 Å². The van der Waals surface area contributed by atoms with Gasteiger partial charge in [0.05, 0.1) is 13.0 Å². The summed E-state index contributed by atoms with van der Waals surface area (Å²) in [6, 6.07) is 9.55. The zero-order valence-corrected chi connectivity index (χ0v) is 23.9. The number of hydrogen-bond donors (Lipinski definition) is 3. The monoisotopic (exact) mass is 542 g/mol. The fourth-order valence-electron chi connectivity index (χ4n) is 6.73. The Bertz CT molecular complexity index is 1010. The Morgan fingerprint density at radius 3 is 2.41 bits per heavy atom. The van der Waals surface area contributed by atoms with Gasteiger partial charge in [-0.25, -0.2) is 0 Å². The van der Waals surface area contributed by atoms with Gasteiger partial charge >= 0.3 is 5.97 Å². The van der Waals surface area contributed by atoms with Crippen molar-refractivity contribution < 1.29 is 29.0 Å². The summed E-state index contributed by atoms with van der Waals surface area (Å²) in [6.45, 7) is 7.73. The second-order valence-corrected chi connectivity index (χ2v) is 12.9. The van der Waals surface area contributed by atoms with Gasteiger partial charge in [0, 0.05) is 23.4 Å². The highest BCUT2D eigenvalue weighted by molar-refractivity contribution is 5.83. The molecule has 0 radical (unpaired) electrons. The summed E-state index contributed by atoms with van der Waals surface area (Å²) in [5.74, 6) is -2.02. The van der Waals surface area contributed by atoms with Crippen molar-refractivity contribution in [2.24, 2.45) is 23.2 Å². The zero-order valence-electron chi connectivity index (χ0n) is 23.9. The molecule has 2 amide bonds. The quantitative estimate of drug-likeness (QED) is 0.425. The molecule has 8 heteroatoms. The maximum Gasteiger partial charge on any atom is 0.305 e. The van der Waals surface area contributed by atoms with Crippen molar-refractivity contribution in [2.75, 3.05) is 6.61 Å². The van der Waals surface area contributed by atoms with Crippen LogP contribution in [0.3, 0.4) is 0 Å². The van der Waals surface area contributed by atoms with E-state index in [1.165, 1.54) is 5.56 Å². The fourth-order valence-corrected chi connectivity index (χ4v) is 6.73. The van der Waals surface area contributed by atoms with Gasteiger partial charge in [0.25, 0.3) is 0 Å². The highest BCUT2D eigenvalue weighted by Crippen LogP contribution is 2.37. The van der Waals surface area contributed by atoms with Gasteiger partial charge in [0.1, 0.15) is 6.10 Å². The van der Waals surface area contributed by atoms with Crippen molar-refractivity contribution in [1.29, 1.82) is 0 Å². The Labute approximate surface area is 232 Å². The number of ether oxygens (including phenoxy) is 2. The zero-order chi connectivity index (χ0) is 28.2. The van der Waals surface area contributed by atoms with Crippen molar-refractivity contribution in [3.05, 3.63) is 35.9 Å². The van der Waals surface area contributed by atoms with Gasteiger partial charge in [-0.2, -0.15) is 0 Å². The first-order valence-electron chi connectivity index (χ1n) is 14.6. The predicted octanol–water partition coefficient (Wildman–Crippen LogP) is 4.46. The number of carboxylic acids is 1.